The molecule has 1 heterocycles. The molecule has 0 aliphatic carbocycles. The third kappa shape index (κ3) is 4.56. The van der Waals surface area contributed by atoms with Crippen molar-refractivity contribution in [1.29, 1.82) is 0 Å². The number of nitrogens with one attached hydrogen (secondary N) is 1. The molecule has 1 aromatic heterocycles. The number of carbonyl (C=O) groups is 1. The highest BCUT2D eigenvalue weighted by molar-refractivity contribution is 5.95. The second-order valence-electron chi connectivity index (χ2n) is 5.72. The first-order valence-corrected chi connectivity index (χ1v) is 7.14. The lowest BCUT2D eigenvalue weighted by atomic mass is 10.1. The smallest absolute Gasteiger partial charge is 0.251 e. The first-order valence-electron chi connectivity index (χ1n) is 7.14. The molecule has 3 N–H and O–H groups in total. The lowest BCUT2D eigenvalue weighted by Gasteiger charge is -2.24. The largest absolute Gasteiger partial charge is 0.489 e. The molecule has 1 amide bonds. The lowest BCUT2D eigenvalue weighted by Crippen LogP contribution is -2.48. The maximum Gasteiger partial charge on any atom is 0.251 e. The molecule has 0 bridgehead atoms. The summed E-state index contributed by atoms with van der Waals surface area (Å²) in [4.78, 5) is 16.2. The Balaban J connectivity index is 2.02. The third-order valence-corrected chi connectivity index (χ3v) is 3.19. The van der Waals surface area contributed by atoms with Crippen LogP contribution in [0.4, 0.5) is 0 Å². The molecule has 0 fully saturated rings. The Labute approximate surface area is 130 Å². The van der Waals surface area contributed by atoms with E-state index in [2.05, 4.69) is 10.3 Å². The van der Waals surface area contributed by atoms with Crippen molar-refractivity contribution in [3.8, 4) is 5.75 Å². The summed E-state index contributed by atoms with van der Waals surface area (Å²) >= 11 is 0. The Morgan fingerprint density at radius 2 is 2.14 bits per heavy atom. The van der Waals surface area contributed by atoms with E-state index in [1.54, 1.807) is 30.6 Å². The fourth-order valence-corrected chi connectivity index (χ4v) is 1.81. The van der Waals surface area contributed by atoms with Crippen molar-refractivity contribution in [3.63, 3.8) is 0 Å². The number of hydrogen-bond donors (Lipinski definition) is 2. The van der Waals surface area contributed by atoms with Gasteiger partial charge in [-0.25, -0.2) is 0 Å². The molecule has 0 aliphatic rings. The molecule has 2 aromatic rings. The van der Waals surface area contributed by atoms with Gasteiger partial charge in [-0.05, 0) is 38.1 Å². The molecule has 0 unspecified atom stereocenters. The first-order chi connectivity index (χ1) is 10.5. The average molecular weight is 299 g/mol. The number of ether oxygens (including phenoxy) is 1. The van der Waals surface area contributed by atoms with Crippen LogP contribution in [0.3, 0.4) is 0 Å². The zero-order chi connectivity index (χ0) is 16.0. The quantitative estimate of drug-likeness (QED) is 0.856. The van der Waals surface area contributed by atoms with Gasteiger partial charge in [-0.3, -0.25) is 9.78 Å². The van der Waals surface area contributed by atoms with Crippen molar-refractivity contribution < 1.29 is 9.53 Å². The molecule has 0 saturated heterocycles. The maximum absolute atomic E-state index is 12.2. The molecule has 116 valence electrons. The number of amides is 1. The molecule has 0 spiro atoms. The van der Waals surface area contributed by atoms with Crippen LogP contribution in [-0.4, -0.2) is 23.0 Å². The SMILES string of the molecule is CC(C)(CN)NC(=O)c1cccc(OCc2cccnc2)c1. The lowest BCUT2D eigenvalue weighted by molar-refractivity contribution is 0.0915. The van der Waals surface area contributed by atoms with E-state index < -0.39 is 5.54 Å². The number of hydrogen-bond acceptors (Lipinski definition) is 4. The standard InChI is InChI=1S/C17H21N3O2/c1-17(2,12-18)20-16(21)14-6-3-7-15(9-14)22-11-13-5-4-8-19-10-13/h3-10H,11-12,18H2,1-2H3,(H,20,21). The summed E-state index contributed by atoms with van der Waals surface area (Å²) in [6.07, 6.45) is 3.47. The highest BCUT2D eigenvalue weighted by Crippen LogP contribution is 2.15. The van der Waals surface area contributed by atoms with Crippen LogP contribution in [0.25, 0.3) is 0 Å². The summed E-state index contributed by atoms with van der Waals surface area (Å²) in [5.41, 5.74) is 6.71. The second kappa shape index (κ2) is 7.04. The number of nitrogens with zero attached hydrogens (tertiary/aromatic N) is 1. The normalized spacial score (nSPS) is 11.0. The van der Waals surface area contributed by atoms with Gasteiger partial charge < -0.3 is 15.8 Å². The number of pyridine rings is 1. The van der Waals surface area contributed by atoms with Crippen LogP contribution < -0.4 is 15.8 Å². The van der Waals surface area contributed by atoms with E-state index in [0.717, 1.165) is 5.56 Å². The number of carbonyl (C=O) groups excluding carboxylic acids is 1. The Hall–Kier alpha value is -2.40. The van der Waals surface area contributed by atoms with Crippen LogP contribution in [0.2, 0.25) is 0 Å². The fourth-order valence-electron chi connectivity index (χ4n) is 1.81. The molecule has 0 aliphatic heterocycles. The maximum atomic E-state index is 12.2. The molecule has 2 rings (SSSR count). The zero-order valence-corrected chi connectivity index (χ0v) is 12.9. The van der Waals surface area contributed by atoms with Crippen LogP contribution in [-0.2, 0) is 6.61 Å². The number of aromatic nitrogens is 1. The van der Waals surface area contributed by atoms with Gasteiger partial charge >= 0.3 is 0 Å². The van der Waals surface area contributed by atoms with Crippen molar-refractivity contribution in [2.75, 3.05) is 6.54 Å². The predicted molar refractivity (Wildman–Crippen MR) is 85.6 cm³/mol. The van der Waals surface area contributed by atoms with E-state index in [1.807, 2.05) is 32.0 Å². The van der Waals surface area contributed by atoms with Crippen LogP contribution in [0.1, 0.15) is 29.8 Å². The van der Waals surface area contributed by atoms with Crippen molar-refractivity contribution >= 4 is 5.91 Å². The summed E-state index contributed by atoms with van der Waals surface area (Å²) < 4.78 is 5.69. The van der Waals surface area contributed by atoms with Crippen molar-refractivity contribution in [1.82, 2.24) is 10.3 Å². The Morgan fingerprint density at radius 1 is 1.32 bits per heavy atom. The van der Waals surface area contributed by atoms with E-state index in [4.69, 9.17) is 10.5 Å². The van der Waals surface area contributed by atoms with E-state index in [-0.39, 0.29) is 5.91 Å². The summed E-state index contributed by atoms with van der Waals surface area (Å²) in [5.74, 6) is 0.476. The van der Waals surface area contributed by atoms with Crippen LogP contribution in [0.5, 0.6) is 5.75 Å². The molecule has 0 atom stereocenters. The molecule has 22 heavy (non-hydrogen) atoms. The molecule has 5 nitrogen and oxygen atoms in total. The van der Waals surface area contributed by atoms with Crippen molar-refractivity contribution in [2.45, 2.75) is 26.0 Å². The van der Waals surface area contributed by atoms with Crippen LogP contribution >= 0.6 is 0 Å². The van der Waals surface area contributed by atoms with Crippen LogP contribution in [0, 0.1) is 0 Å². The highest BCUT2D eigenvalue weighted by atomic mass is 16.5. The predicted octanol–water partition coefficient (Wildman–Crippen LogP) is 2.13. The van der Waals surface area contributed by atoms with Crippen LogP contribution in [0.15, 0.2) is 48.8 Å². The van der Waals surface area contributed by atoms with Gasteiger partial charge in [-0.15, -0.1) is 0 Å². The second-order valence-corrected chi connectivity index (χ2v) is 5.72. The van der Waals surface area contributed by atoms with Gasteiger partial charge in [0.25, 0.3) is 5.91 Å². The number of benzene rings is 1. The van der Waals surface area contributed by atoms with Gasteiger partial charge in [0.1, 0.15) is 12.4 Å². The van der Waals surface area contributed by atoms with E-state index in [0.29, 0.717) is 24.5 Å². The van der Waals surface area contributed by atoms with E-state index in [9.17, 15) is 4.79 Å². The molecule has 1 aromatic carbocycles. The van der Waals surface area contributed by atoms with Gasteiger partial charge in [0.05, 0.1) is 0 Å². The van der Waals surface area contributed by atoms with Gasteiger partial charge in [-0.1, -0.05) is 12.1 Å². The van der Waals surface area contributed by atoms with Crippen molar-refractivity contribution in [2.24, 2.45) is 5.73 Å². The minimum absolute atomic E-state index is 0.165. The van der Waals surface area contributed by atoms with Gasteiger partial charge in [0, 0.05) is 35.6 Å². The van der Waals surface area contributed by atoms with E-state index >= 15 is 0 Å². The molecule has 0 radical (unpaired) electrons. The first kappa shape index (κ1) is 16.0. The summed E-state index contributed by atoms with van der Waals surface area (Å²) in [6.45, 7) is 4.55. The number of nitrogens with two attached hydrogens (primary N) is 1. The molecular weight excluding hydrogens is 278 g/mol. The highest BCUT2D eigenvalue weighted by Gasteiger charge is 2.19. The fraction of sp³-hybridized carbons (Fsp3) is 0.294. The summed E-state index contributed by atoms with van der Waals surface area (Å²) in [7, 11) is 0. The summed E-state index contributed by atoms with van der Waals surface area (Å²) in [5, 5.41) is 2.89. The average Bonchev–Trinajstić information content (AvgIpc) is 2.54. The third-order valence-electron chi connectivity index (χ3n) is 3.19. The van der Waals surface area contributed by atoms with Crippen molar-refractivity contribution in [3.05, 3.63) is 59.9 Å². The van der Waals surface area contributed by atoms with Gasteiger partial charge in [0.15, 0.2) is 0 Å². The molecule has 5 heteroatoms. The van der Waals surface area contributed by atoms with Gasteiger partial charge in [0.2, 0.25) is 0 Å². The Kier molecular flexibility index (Phi) is 5.12. The minimum Gasteiger partial charge on any atom is -0.489 e. The zero-order valence-electron chi connectivity index (χ0n) is 12.9. The minimum atomic E-state index is -0.441. The Morgan fingerprint density at radius 3 is 2.82 bits per heavy atom. The van der Waals surface area contributed by atoms with Gasteiger partial charge in [-0.2, -0.15) is 0 Å². The molecule has 0 saturated carbocycles. The summed E-state index contributed by atoms with van der Waals surface area (Å²) in [6, 6.07) is 10.9. The topological polar surface area (TPSA) is 77.2 Å². The Bertz CT molecular complexity index is 627. The van der Waals surface area contributed by atoms with E-state index in [1.165, 1.54) is 0 Å². The molecular formula is C17H21N3O2. The monoisotopic (exact) mass is 299 g/mol. The number of rotatable bonds is 6.